The van der Waals surface area contributed by atoms with Gasteiger partial charge in [-0.05, 0) is 42.9 Å². The van der Waals surface area contributed by atoms with Gasteiger partial charge in [-0.15, -0.1) is 11.8 Å². The maximum Gasteiger partial charge on any atom is 0.314 e. The summed E-state index contributed by atoms with van der Waals surface area (Å²) in [6, 6.07) is 4.42. The van der Waals surface area contributed by atoms with Crippen molar-refractivity contribution in [3.8, 4) is 0 Å². The fourth-order valence-electron chi connectivity index (χ4n) is 2.18. The number of carboxylic acid groups (broad SMARTS) is 1. The summed E-state index contributed by atoms with van der Waals surface area (Å²) in [5.41, 5.74) is -0.209. The second-order valence-corrected chi connectivity index (χ2v) is 4.93. The van der Waals surface area contributed by atoms with Crippen molar-refractivity contribution in [2.45, 2.75) is 29.6 Å². The quantitative estimate of drug-likeness (QED) is 0.825. The van der Waals surface area contributed by atoms with Crippen LogP contribution in [0.5, 0.6) is 0 Å². The Labute approximate surface area is 97.9 Å². The van der Waals surface area contributed by atoms with Gasteiger partial charge in [0.25, 0.3) is 0 Å². The van der Waals surface area contributed by atoms with E-state index in [1.54, 1.807) is 6.07 Å². The average Bonchev–Trinajstić information content (AvgIpc) is 2.15. The molecule has 0 heterocycles. The topological polar surface area (TPSA) is 37.3 Å². The maximum absolute atomic E-state index is 13.2. The number of halogens is 1. The molecular weight excluding hydrogens is 227 g/mol. The van der Waals surface area contributed by atoms with Gasteiger partial charge in [0.1, 0.15) is 5.82 Å². The number of thioether (sulfide) groups is 1. The van der Waals surface area contributed by atoms with Crippen molar-refractivity contribution in [3.63, 3.8) is 0 Å². The van der Waals surface area contributed by atoms with Crippen LogP contribution in [0.1, 0.15) is 24.8 Å². The van der Waals surface area contributed by atoms with Crippen molar-refractivity contribution < 1.29 is 14.3 Å². The number of benzene rings is 1. The Kier molecular flexibility index (Phi) is 2.93. The van der Waals surface area contributed by atoms with E-state index in [0.717, 1.165) is 11.3 Å². The molecule has 16 heavy (non-hydrogen) atoms. The highest BCUT2D eigenvalue weighted by Gasteiger charge is 2.47. The van der Waals surface area contributed by atoms with E-state index in [-0.39, 0.29) is 5.82 Å². The lowest BCUT2D eigenvalue weighted by atomic mass is 9.64. The van der Waals surface area contributed by atoms with Gasteiger partial charge >= 0.3 is 5.97 Å². The Morgan fingerprint density at radius 3 is 2.62 bits per heavy atom. The molecule has 1 fully saturated rings. The zero-order valence-electron chi connectivity index (χ0n) is 9.00. The van der Waals surface area contributed by atoms with Crippen molar-refractivity contribution in [2.75, 3.05) is 6.26 Å². The van der Waals surface area contributed by atoms with E-state index in [1.165, 1.54) is 23.9 Å². The lowest BCUT2D eigenvalue weighted by molar-refractivity contribution is -0.147. The second-order valence-electron chi connectivity index (χ2n) is 4.09. The predicted octanol–water partition coefficient (Wildman–Crippen LogP) is 3.05. The van der Waals surface area contributed by atoms with E-state index >= 15 is 0 Å². The molecule has 2 rings (SSSR count). The third-order valence-corrected chi connectivity index (χ3v) is 4.09. The molecule has 0 radical (unpaired) electrons. The van der Waals surface area contributed by atoms with Crippen molar-refractivity contribution in [1.82, 2.24) is 0 Å². The molecule has 1 aliphatic rings. The van der Waals surface area contributed by atoms with Gasteiger partial charge in [-0.2, -0.15) is 0 Å². The molecule has 0 bridgehead atoms. The molecule has 1 saturated carbocycles. The van der Waals surface area contributed by atoms with Gasteiger partial charge < -0.3 is 5.11 Å². The number of hydrogen-bond donors (Lipinski definition) is 1. The Balaban J connectivity index is 2.52. The van der Waals surface area contributed by atoms with Crippen LogP contribution in [0.25, 0.3) is 0 Å². The first-order chi connectivity index (χ1) is 7.60. The largest absolute Gasteiger partial charge is 0.481 e. The molecule has 0 atom stereocenters. The average molecular weight is 240 g/mol. The minimum Gasteiger partial charge on any atom is -0.481 e. The number of carbonyl (C=O) groups is 1. The Bertz CT molecular complexity index is 427. The van der Waals surface area contributed by atoms with Crippen LogP contribution in [0.4, 0.5) is 4.39 Å². The molecule has 86 valence electrons. The van der Waals surface area contributed by atoms with E-state index in [4.69, 9.17) is 0 Å². The highest BCUT2D eigenvalue weighted by Crippen LogP contribution is 2.47. The minimum absolute atomic E-state index is 0.361. The number of rotatable bonds is 3. The normalized spacial score (nSPS) is 17.9. The Morgan fingerprint density at radius 2 is 2.19 bits per heavy atom. The van der Waals surface area contributed by atoms with Gasteiger partial charge in [0, 0.05) is 4.90 Å². The lowest BCUT2D eigenvalue weighted by Crippen LogP contribution is -2.42. The summed E-state index contributed by atoms with van der Waals surface area (Å²) in [5, 5.41) is 9.32. The lowest BCUT2D eigenvalue weighted by Gasteiger charge is -2.39. The molecule has 1 aromatic rings. The second kappa shape index (κ2) is 4.09. The molecule has 0 aliphatic heterocycles. The third kappa shape index (κ3) is 1.61. The molecule has 2 nitrogen and oxygen atoms in total. The highest BCUT2D eigenvalue weighted by molar-refractivity contribution is 7.98. The van der Waals surface area contributed by atoms with E-state index in [0.29, 0.717) is 18.4 Å². The summed E-state index contributed by atoms with van der Waals surface area (Å²) in [7, 11) is 0. The van der Waals surface area contributed by atoms with Gasteiger partial charge in [-0.3, -0.25) is 4.79 Å². The Morgan fingerprint density at radius 1 is 1.50 bits per heavy atom. The summed E-state index contributed by atoms with van der Waals surface area (Å²) >= 11 is 1.47. The fourth-order valence-corrected chi connectivity index (χ4v) is 2.86. The number of carboxylic acids is 1. The van der Waals surface area contributed by atoms with Crippen LogP contribution in [-0.2, 0) is 10.2 Å². The summed E-state index contributed by atoms with van der Waals surface area (Å²) in [6.07, 6.45) is 4.00. The van der Waals surface area contributed by atoms with E-state index in [1.807, 2.05) is 6.26 Å². The van der Waals surface area contributed by atoms with Crippen LogP contribution >= 0.6 is 11.8 Å². The van der Waals surface area contributed by atoms with Crippen LogP contribution in [0.3, 0.4) is 0 Å². The van der Waals surface area contributed by atoms with Crippen molar-refractivity contribution in [2.24, 2.45) is 0 Å². The maximum atomic E-state index is 13.2. The van der Waals surface area contributed by atoms with E-state index in [9.17, 15) is 14.3 Å². The smallest absolute Gasteiger partial charge is 0.314 e. The first-order valence-electron chi connectivity index (χ1n) is 5.17. The van der Waals surface area contributed by atoms with Crippen LogP contribution in [0.2, 0.25) is 0 Å². The third-order valence-electron chi connectivity index (χ3n) is 3.29. The molecule has 4 heteroatoms. The van der Waals surface area contributed by atoms with Gasteiger partial charge in [0.15, 0.2) is 0 Å². The Hall–Kier alpha value is -1.03. The van der Waals surface area contributed by atoms with Crippen LogP contribution in [-0.4, -0.2) is 17.3 Å². The first-order valence-corrected chi connectivity index (χ1v) is 6.40. The van der Waals surface area contributed by atoms with Crippen molar-refractivity contribution >= 4 is 17.7 Å². The molecular formula is C12H13FO2S. The molecule has 0 aromatic heterocycles. The zero-order valence-corrected chi connectivity index (χ0v) is 9.81. The SMILES string of the molecule is CSc1ccc(F)cc1C1(C(=O)O)CCC1. The van der Waals surface area contributed by atoms with Gasteiger partial charge in [0.2, 0.25) is 0 Å². The van der Waals surface area contributed by atoms with E-state index in [2.05, 4.69) is 0 Å². The summed E-state index contributed by atoms with van der Waals surface area (Å²) in [4.78, 5) is 12.2. The summed E-state index contributed by atoms with van der Waals surface area (Å²) in [5.74, 6) is -1.19. The van der Waals surface area contributed by atoms with Crippen molar-refractivity contribution in [1.29, 1.82) is 0 Å². The summed E-state index contributed by atoms with van der Waals surface area (Å²) < 4.78 is 13.2. The predicted molar refractivity (Wildman–Crippen MR) is 61.3 cm³/mol. The van der Waals surface area contributed by atoms with Crippen LogP contribution in [0.15, 0.2) is 23.1 Å². The van der Waals surface area contributed by atoms with Crippen LogP contribution in [0, 0.1) is 5.82 Å². The number of aliphatic carboxylic acids is 1. The van der Waals surface area contributed by atoms with E-state index < -0.39 is 11.4 Å². The van der Waals surface area contributed by atoms with Gasteiger partial charge in [-0.1, -0.05) is 6.42 Å². The first kappa shape index (κ1) is 11.5. The van der Waals surface area contributed by atoms with Crippen LogP contribution < -0.4 is 0 Å². The number of hydrogen-bond acceptors (Lipinski definition) is 2. The highest BCUT2D eigenvalue weighted by atomic mass is 32.2. The molecule has 1 aromatic carbocycles. The monoisotopic (exact) mass is 240 g/mol. The molecule has 0 unspecified atom stereocenters. The zero-order chi connectivity index (χ0) is 11.8. The minimum atomic E-state index is -0.847. The molecule has 1 aliphatic carbocycles. The van der Waals surface area contributed by atoms with Crippen molar-refractivity contribution in [3.05, 3.63) is 29.6 Å². The molecule has 0 spiro atoms. The standard InChI is InChI=1S/C12H13FO2S/c1-16-10-4-3-8(13)7-9(10)12(11(14)15)5-2-6-12/h3-4,7H,2,5-6H2,1H3,(H,14,15). The van der Waals surface area contributed by atoms with Gasteiger partial charge in [0.05, 0.1) is 5.41 Å². The summed E-state index contributed by atoms with van der Waals surface area (Å²) in [6.45, 7) is 0. The molecule has 0 saturated heterocycles. The fraction of sp³-hybridized carbons (Fsp3) is 0.417. The molecule has 1 N–H and O–H groups in total. The molecule has 0 amide bonds. The van der Waals surface area contributed by atoms with Gasteiger partial charge in [-0.25, -0.2) is 4.39 Å².